The van der Waals surface area contributed by atoms with Crippen molar-refractivity contribution in [2.75, 3.05) is 0 Å². The van der Waals surface area contributed by atoms with E-state index in [-0.39, 0.29) is 0 Å². The van der Waals surface area contributed by atoms with E-state index in [4.69, 9.17) is 5.73 Å². The van der Waals surface area contributed by atoms with Gasteiger partial charge in [0.15, 0.2) is 5.16 Å². The molecule has 0 spiro atoms. The van der Waals surface area contributed by atoms with E-state index < -0.39 is 0 Å². The first-order valence-corrected chi connectivity index (χ1v) is 6.88. The van der Waals surface area contributed by atoms with Crippen molar-refractivity contribution >= 4 is 11.8 Å². The lowest BCUT2D eigenvalue weighted by Crippen LogP contribution is -2.08. The van der Waals surface area contributed by atoms with Crippen LogP contribution in [0.25, 0.3) is 0 Å². The molecule has 0 fully saturated rings. The molecule has 2 aromatic heterocycles. The van der Waals surface area contributed by atoms with E-state index >= 15 is 0 Å². The second kappa shape index (κ2) is 5.97. The van der Waals surface area contributed by atoms with Gasteiger partial charge in [-0.2, -0.15) is 0 Å². The standard InChI is InChI=1S/C12H17N5S/c1-3-17-11(5-13)15-16-12(17)18-8-10-4-9(2)6-14-7-10/h4,6-7H,3,5,8,13H2,1-2H3. The van der Waals surface area contributed by atoms with E-state index in [9.17, 15) is 0 Å². The summed E-state index contributed by atoms with van der Waals surface area (Å²) < 4.78 is 2.05. The van der Waals surface area contributed by atoms with E-state index in [0.717, 1.165) is 23.3 Å². The molecule has 2 aromatic rings. The lowest BCUT2D eigenvalue weighted by atomic mass is 10.2. The molecule has 2 N–H and O–H groups in total. The van der Waals surface area contributed by atoms with Gasteiger partial charge in [-0.05, 0) is 25.0 Å². The van der Waals surface area contributed by atoms with Gasteiger partial charge in [-0.15, -0.1) is 10.2 Å². The summed E-state index contributed by atoms with van der Waals surface area (Å²) in [7, 11) is 0. The van der Waals surface area contributed by atoms with Gasteiger partial charge in [0.1, 0.15) is 5.82 Å². The van der Waals surface area contributed by atoms with Gasteiger partial charge < -0.3 is 10.3 Å². The van der Waals surface area contributed by atoms with Crippen LogP contribution >= 0.6 is 11.8 Å². The van der Waals surface area contributed by atoms with Crippen molar-refractivity contribution < 1.29 is 0 Å². The van der Waals surface area contributed by atoms with E-state index in [1.165, 1.54) is 11.1 Å². The number of aromatic nitrogens is 4. The largest absolute Gasteiger partial charge is 0.324 e. The third-order valence-corrected chi connectivity index (χ3v) is 3.63. The summed E-state index contributed by atoms with van der Waals surface area (Å²) >= 11 is 1.66. The molecule has 0 aliphatic carbocycles. The van der Waals surface area contributed by atoms with E-state index in [0.29, 0.717) is 6.54 Å². The van der Waals surface area contributed by atoms with Crippen molar-refractivity contribution in [2.45, 2.75) is 37.8 Å². The SMILES string of the molecule is CCn1c(CN)nnc1SCc1cncc(C)c1. The third-order valence-electron chi connectivity index (χ3n) is 2.59. The highest BCUT2D eigenvalue weighted by atomic mass is 32.2. The first-order valence-electron chi connectivity index (χ1n) is 5.90. The Morgan fingerprint density at radius 2 is 2.17 bits per heavy atom. The number of pyridine rings is 1. The summed E-state index contributed by atoms with van der Waals surface area (Å²) in [4.78, 5) is 4.18. The summed E-state index contributed by atoms with van der Waals surface area (Å²) in [5.41, 5.74) is 7.99. The molecule has 96 valence electrons. The van der Waals surface area contributed by atoms with Gasteiger partial charge in [0, 0.05) is 24.7 Å². The van der Waals surface area contributed by atoms with E-state index in [2.05, 4.69) is 28.2 Å². The monoisotopic (exact) mass is 263 g/mol. The predicted octanol–water partition coefficient (Wildman–Crippen LogP) is 1.75. The lowest BCUT2D eigenvalue weighted by molar-refractivity contribution is 0.643. The number of thioether (sulfide) groups is 1. The Kier molecular flexibility index (Phi) is 4.33. The first kappa shape index (κ1) is 13.0. The molecule has 6 heteroatoms. The number of hydrogen-bond donors (Lipinski definition) is 1. The molecule has 0 bridgehead atoms. The average Bonchev–Trinajstić information content (AvgIpc) is 2.78. The maximum absolute atomic E-state index is 5.62. The van der Waals surface area contributed by atoms with Gasteiger partial charge in [0.05, 0.1) is 6.54 Å². The van der Waals surface area contributed by atoms with Gasteiger partial charge in [-0.3, -0.25) is 4.98 Å². The Labute approximate surface area is 111 Å². The van der Waals surface area contributed by atoms with Crippen LogP contribution in [0.4, 0.5) is 0 Å². The van der Waals surface area contributed by atoms with Crippen molar-refractivity contribution in [3.05, 3.63) is 35.4 Å². The lowest BCUT2D eigenvalue weighted by Gasteiger charge is -2.06. The number of hydrogen-bond acceptors (Lipinski definition) is 5. The average molecular weight is 263 g/mol. The second-order valence-corrected chi connectivity index (χ2v) is 4.95. The molecule has 0 unspecified atom stereocenters. The summed E-state index contributed by atoms with van der Waals surface area (Å²) in [5.74, 6) is 1.68. The van der Waals surface area contributed by atoms with Crippen molar-refractivity contribution in [1.82, 2.24) is 19.7 Å². The van der Waals surface area contributed by atoms with Crippen molar-refractivity contribution in [1.29, 1.82) is 0 Å². The van der Waals surface area contributed by atoms with Gasteiger partial charge in [0.25, 0.3) is 0 Å². The molecular formula is C12H17N5S. The normalized spacial score (nSPS) is 10.8. The molecular weight excluding hydrogens is 246 g/mol. The molecule has 18 heavy (non-hydrogen) atoms. The summed E-state index contributed by atoms with van der Waals surface area (Å²) in [5, 5.41) is 9.17. The highest BCUT2D eigenvalue weighted by molar-refractivity contribution is 7.98. The van der Waals surface area contributed by atoms with Crippen LogP contribution in [-0.2, 0) is 18.8 Å². The first-order chi connectivity index (χ1) is 8.74. The topological polar surface area (TPSA) is 69.6 Å². The fourth-order valence-corrected chi connectivity index (χ4v) is 2.68. The molecule has 0 saturated carbocycles. The molecule has 0 aliphatic heterocycles. The number of nitrogens with two attached hydrogens (primary N) is 1. The second-order valence-electron chi connectivity index (χ2n) is 4.01. The molecule has 5 nitrogen and oxygen atoms in total. The van der Waals surface area contributed by atoms with E-state index in [1.807, 2.05) is 23.9 Å². The Bertz CT molecular complexity index is 523. The zero-order valence-corrected chi connectivity index (χ0v) is 11.4. The summed E-state index contributed by atoms with van der Waals surface area (Å²) in [6.45, 7) is 5.38. The highest BCUT2D eigenvalue weighted by Gasteiger charge is 2.09. The molecule has 0 atom stereocenters. The Morgan fingerprint density at radius 1 is 1.33 bits per heavy atom. The highest BCUT2D eigenvalue weighted by Crippen LogP contribution is 2.21. The van der Waals surface area contributed by atoms with Crippen LogP contribution in [0.2, 0.25) is 0 Å². The Morgan fingerprint density at radius 3 is 2.83 bits per heavy atom. The Hall–Kier alpha value is -1.40. The molecule has 0 aromatic carbocycles. The molecule has 2 rings (SSSR count). The third kappa shape index (κ3) is 2.88. The quantitative estimate of drug-likeness (QED) is 0.832. The van der Waals surface area contributed by atoms with Crippen molar-refractivity contribution in [3.8, 4) is 0 Å². The minimum absolute atomic E-state index is 0.424. The molecule has 0 radical (unpaired) electrons. The van der Waals surface area contributed by atoms with Crippen LogP contribution in [-0.4, -0.2) is 19.7 Å². The van der Waals surface area contributed by atoms with Crippen LogP contribution in [0, 0.1) is 6.92 Å². The minimum Gasteiger partial charge on any atom is -0.324 e. The van der Waals surface area contributed by atoms with E-state index in [1.54, 1.807) is 11.8 Å². The van der Waals surface area contributed by atoms with Crippen LogP contribution in [0.15, 0.2) is 23.6 Å². The summed E-state index contributed by atoms with van der Waals surface area (Å²) in [6, 6.07) is 2.14. The van der Waals surface area contributed by atoms with Gasteiger partial charge >= 0.3 is 0 Å². The number of nitrogens with zero attached hydrogens (tertiary/aromatic N) is 4. The molecule has 2 heterocycles. The zero-order valence-electron chi connectivity index (χ0n) is 10.6. The van der Waals surface area contributed by atoms with Crippen molar-refractivity contribution in [2.24, 2.45) is 5.73 Å². The zero-order chi connectivity index (χ0) is 13.0. The predicted molar refractivity (Wildman–Crippen MR) is 72.1 cm³/mol. The fraction of sp³-hybridized carbons (Fsp3) is 0.417. The number of aryl methyl sites for hydroxylation is 1. The maximum Gasteiger partial charge on any atom is 0.191 e. The van der Waals surface area contributed by atoms with Crippen LogP contribution in [0.3, 0.4) is 0 Å². The van der Waals surface area contributed by atoms with Crippen LogP contribution < -0.4 is 5.73 Å². The van der Waals surface area contributed by atoms with Crippen LogP contribution in [0.5, 0.6) is 0 Å². The van der Waals surface area contributed by atoms with Crippen molar-refractivity contribution in [3.63, 3.8) is 0 Å². The number of rotatable bonds is 5. The molecule has 0 aliphatic rings. The van der Waals surface area contributed by atoms with Crippen LogP contribution in [0.1, 0.15) is 23.9 Å². The van der Waals surface area contributed by atoms with Gasteiger partial charge in [0.2, 0.25) is 0 Å². The fourth-order valence-electron chi connectivity index (χ4n) is 1.74. The minimum atomic E-state index is 0.424. The Balaban J connectivity index is 2.08. The summed E-state index contributed by atoms with van der Waals surface area (Å²) in [6.07, 6.45) is 3.74. The maximum atomic E-state index is 5.62. The molecule has 0 saturated heterocycles. The smallest absolute Gasteiger partial charge is 0.191 e. The molecule has 0 amide bonds. The van der Waals surface area contributed by atoms with Gasteiger partial charge in [-0.1, -0.05) is 17.8 Å². The van der Waals surface area contributed by atoms with Gasteiger partial charge in [-0.25, -0.2) is 0 Å².